The molecule has 6 heteroatoms. The van der Waals surface area contributed by atoms with Gasteiger partial charge in [0.2, 0.25) is 5.91 Å². The lowest BCUT2D eigenvalue weighted by molar-refractivity contribution is -0.117. The summed E-state index contributed by atoms with van der Waals surface area (Å²) in [5, 5.41) is 2.94. The van der Waals surface area contributed by atoms with Crippen LogP contribution in [-0.4, -0.2) is 38.6 Å². The van der Waals surface area contributed by atoms with Gasteiger partial charge in [-0.1, -0.05) is 6.07 Å². The Bertz CT molecular complexity index is 856. The third kappa shape index (κ3) is 4.05. The van der Waals surface area contributed by atoms with E-state index < -0.39 is 0 Å². The van der Waals surface area contributed by atoms with Crippen LogP contribution in [0.25, 0.3) is 0 Å². The molecule has 0 saturated carbocycles. The maximum Gasteiger partial charge on any atom is 0.251 e. The number of aryl methyl sites for hydroxylation is 2. The van der Waals surface area contributed by atoms with Crippen LogP contribution < -0.4 is 19.7 Å². The number of methoxy groups -OCH3 is 2. The minimum atomic E-state index is -0.257. The van der Waals surface area contributed by atoms with Crippen molar-refractivity contribution in [1.82, 2.24) is 5.32 Å². The fourth-order valence-corrected chi connectivity index (χ4v) is 3.15. The SMILES string of the molecule is COc1cc(OC)cc(C(=O)N[C@H]2CC(=O)N(c3ccc(C)c(C)c3)C2)c1. The molecule has 6 nitrogen and oxygen atoms in total. The molecule has 1 N–H and O–H groups in total. The molecule has 1 atom stereocenters. The van der Waals surface area contributed by atoms with E-state index in [-0.39, 0.29) is 24.3 Å². The summed E-state index contributed by atoms with van der Waals surface area (Å²) in [6.07, 6.45) is 0.278. The van der Waals surface area contributed by atoms with Crippen molar-refractivity contribution in [2.24, 2.45) is 0 Å². The average Bonchev–Trinajstić information content (AvgIpc) is 3.03. The number of ether oxygens (including phenoxy) is 2. The molecule has 2 aromatic carbocycles. The van der Waals surface area contributed by atoms with Gasteiger partial charge in [0, 0.05) is 30.3 Å². The van der Waals surface area contributed by atoms with Crippen LogP contribution in [0, 0.1) is 13.8 Å². The second-order valence-electron chi connectivity index (χ2n) is 6.75. The zero-order chi connectivity index (χ0) is 19.6. The Morgan fingerprint density at radius 1 is 1.04 bits per heavy atom. The molecule has 1 saturated heterocycles. The van der Waals surface area contributed by atoms with Crippen molar-refractivity contribution in [1.29, 1.82) is 0 Å². The molecule has 0 spiro atoms. The van der Waals surface area contributed by atoms with Gasteiger partial charge in [-0.25, -0.2) is 0 Å². The fourth-order valence-electron chi connectivity index (χ4n) is 3.15. The summed E-state index contributed by atoms with van der Waals surface area (Å²) in [7, 11) is 3.07. The van der Waals surface area contributed by atoms with Crippen LogP contribution in [-0.2, 0) is 4.79 Å². The highest BCUT2D eigenvalue weighted by Crippen LogP contribution is 2.25. The first-order valence-corrected chi connectivity index (χ1v) is 8.83. The molecule has 142 valence electrons. The molecule has 2 amide bonds. The highest BCUT2D eigenvalue weighted by atomic mass is 16.5. The number of rotatable bonds is 5. The van der Waals surface area contributed by atoms with Gasteiger partial charge in [-0.3, -0.25) is 9.59 Å². The van der Waals surface area contributed by atoms with Crippen LogP contribution in [0.3, 0.4) is 0 Å². The van der Waals surface area contributed by atoms with E-state index in [0.717, 1.165) is 11.3 Å². The summed E-state index contributed by atoms with van der Waals surface area (Å²) in [6, 6.07) is 10.7. The number of hydrogen-bond acceptors (Lipinski definition) is 4. The molecule has 0 aromatic heterocycles. The number of anilines is 1. The Morgan fingerprint density at radius 3 is 2.30 bits per heavy atom. The van der Waals surface area contributed by atoms with E-state index in [4.69, 9.17) is 9.47 Å². The van der Waals surface area contributed by atoms with Crippen molar-refractivity contribution in [2.75, 3.05) is 25.7 Å². The molecule has 0 radical (unpaired) electrons. The third-order valence-corrected chi connectivity index (χ3v) is 4.88. The van der Waals surface area contributed by atoms with Crippen molar-refractivity contribution in [3.63, 3.8) is 0 Å². The van der Waals surface area contributed by atoms with Gasteiger partial charge in [0.1, 0.15) is 11.5 Å². The molecule has 2 aromatic rings. The quantitative estimate of drug-likeness (QED) is 0.881. The van der Waals surface area contributed by atoms with E-state index in [0.29, 0.717) is 23.6 Å². The summed E-state index contributed by atoms with van der Waals surface area (Å²) in [4.78, 5) is 26.8. The van der Waals surface area contributed by atoms with Gasteiger partial charge in [0.05, 0.1) is 20.3 Å². The minimum absolute atomic E-state index is 0.00627. The van der Waals surface area contributed by atoms with Gasteiger partial charge < -0.3 is 19.7 Å². The maximum atomic E-state index is 12.6. The molecule has 27 heavy (non-hydrogen) atoms. The molecule has 0 bridgehead atoms. The summed E-state index contributed by atoms with van der Waals surface area (Å²) < 4.78 is 10.4. The molecule has 1 aliphatic rings. The number of carbonyl (C=O) groups excluding carboxylic acids is 2. The van der Waals surface area contributed by atoms with Crippen molar-refractivity contribution >= 4 is 17.5 Å². The van der Waals surface area contributed by atoms with Crippen molar-refractivity contribution in [3.8, 4) is 11.5 Å². The topological polar surface area (TPSA) is 67.9 Å². The van der Waals surface area contributed by atoms with E-state index in [1.807, 2.05) is 32.0 Å². The highest BCUT2D eigenvalue weighted by molar-refractivity contribution is 5.99. The number of nitrogens with one attached hydrogen (secondary N) is 1. The number of amides is 2. The largest absolute Gasteiger partial charge is 0.497 e. The van der Waals surface area contributed by atoms with Crippen LogP contribution in [0.2, 0.25) is 0 Å². The van der Waals surface area contributed by atoms with Crippen molar-refractivity contribution < 1.29 is 19.1 Å². The van der Waals surface area contributed by atoms with Gasteiger partial charge in [-0.05, 0) is 49.2 Å². The summed E-state index contributed by atoms with van der Waals surface area (Å²) >= 11 is 0. The third-order valence-electron chi connectivity index (χ3n) is 4.88. The Hall–Kier alpha value is -3.02. The number of benzene rings is 2. The second-order valence-corrected chi connectivity index (χ2v) is 6.75. The van der Waals surface area contributed by atoms with Gasteiger partial charge in [0.15, 0.2) is 0 Å². The van der Waals surface area contributed by atoms with Crippen LogP contribution in [0.1, 0.15) is 27.9 Å². The molecule has 0 unspecified atom stereocenters. The van der Waals surface area contributed by atoms with Crippen LogP contribution in [0.5, 0.6) is 11.5 Å². The standard InChI is InChI=1S/C21H24N2O4/c1-13-5-6-17(7-14(13)2)23-12-16(10-20(23)24)22-21(25)15-8-18(26-3)11-19(9-15)27-4/h5-9,11,16H,10,12H2,1-4H3,(H,22,25)/t16-/m0/s1. The van der Waals surface area contributed by atoms with Crippen LogP contribution in [0.4, 0.5) is 5.69 Å². The molecule has 3 rings (SSSR count). The monoisotopic (exact) mass is 368 g/mol. The van der Waals surface area contributed by atoms with E-state index in [1.54, 1.807) is 23.1 Å². The predicted molar refractivity (Wildman–Crippen MR) is 104 cm³/mol. The van der Waals surface area contributed by atoms with Gasteiger partial charge in [-0.2, -0.15) is 0 Å². The molecule has 0 aliphatic carbocycles. The molecule has 1 aliphatic heterocycles. The Kier molecular flexibility index (Phi) is 5.35. The number of nitrogens with zero attached hydrogens (tertiary/aromatic N) is 1. The van der Waals surface area contributed by atoms with E-state index in [1.165, 1.54) is 19.8 Å². The first-order chi connectivity index (χ1) is 12.9. The normalized spacial score (nSPS) is 16.4. The van der Waals surface area contributed by atoms with E-state index in [9.17, 15) is 9.59 Å². The predicted octanol–water partition coefficient (Wildman–Crippen LogP) is 2.86. The first-order valence-electron chi connectivity index (χ1n) is 8.83. The minimum Gasteiger partial charge on any atom is -0.497 e. The molecule has 1 fully saturated rings. The average molecular weight is 368 g/mol. The molecular weight excluding hydrogens is 344 g/mol. The molecule has 1 heterocycles. The van der Waals surface area contributed by atoms with Crippen molar-refractivity contribution in [3.05, 3.63) is 53.1 Å². The Balaban J connectivity index is 1.72. The van der Waals surface area contributed by atoms with Crippen LogP contribution >= 0.6 is 0 Å². The fraction of sp³-hybridized carbons (Fsp3) is 0.333. The van der Waals surface area contributed by atoms with E-state index >= 15 is 0 Å². The van der Waals surface area contributed by atoms with E-state index in [2.05, 4.69) is 5.32 Å². The Labute approximate surface area is 159 Å². The number of carbonyl (C=O) groups is 2. The van der Waals surface area contributed by atoms with Gasteiger partial charge >= 0.3 is 0 Å². The lowest BCUT2D eigenvalue weighted by Gasteiger charge is -2.18. The lowest BCUT2D eigenvalue weighted by atomic mass is 10.1. The summed E-state index contributed by atoms with van der Waals surface area (Å²) in [6.45, 7) is 4.51. The smallest absolute Gasteiger partial charge is 0.251 e. The lowest BCUT2D eigenvalue weighted by Crippen LogP contribution is -2.37. The van der Waals surface area contributed by atoms with Gasteiger partial charge in [0.25, 0.3) is 5.91 Å². The second kappa shape index (κ2) is 7.70. The maximum absolute atomic E-state index is 12.6. The zero-order valence-electron chi connectivity index (χ0n) is 16.0. The zero-order valence-corrected chi connectivity index (χ0v) is 16.0. The number of hydrogen-bond donors (Lipinski definition) is 1. The first kappa shape index (κ1) is 18.8. The van der Waals surface area contributed by atoms with Gasteiger partial charge in [-0.15, -0.1) is 0 Å². The molecular formula is C21H24N2O4. The van der Waals surface area contributed by atoms with Crippen molar-refractivity contribution in [2.45, 2.75) is 26.3 Å². The summed E-state index contributed by atoms with van der Waals surface area (Å²) in [5.74, 6) is 0.830. The van der Waals surface area contributed by atoms with Crippen LogP contribution in [0.15, 0.2) is 36.4 Å². The summed E-state index contributed by atoms with van der Waals surface area (Å²) in [5.41, 5.74) is 3.62. The highest BCUT2D eigenvalue weighted by Gasteiger charge is 2.32. The Morgan fingerprint density at radius 2 is 1.70 bits per heavy atom.